The molecule has 4 heavy (non-hydrogen) atoms. The maximum atomic E-state index is 5.20. The van der Waals surface area contributed by atoms with Gasteiger partial charge in [0.05, 0.1) is 9.68 Å². The summed E-state index contributed by atoms with van der Waals surface area (Å²) in [6.07, 6.45) is 0. The molecule has 0 aliphatic carbocycles. The van der Waals surface area contributed by atoms with Crippen molar-refractivity contribution in [2.24, 2.45) is 5.40 Å². The van der Waals surface area contributed by atoms with Crippen LogP contribution in [-0.2, 0) is 0 Å². The Balaban J connectivity index is 1.97. The second-order valence-corrected chi connectivity index (χ2v) is 5.37. The van der Waals surface area contributed by atoms with Gasteiger partial charge in [-0.3, -0.25) is 0 Å². The quantitative estimate of drug-likeness (QED) is 0.363. The Bertz CT molecular complexity index is 8.00. The van der Waals surface area contributed by atoms with Crippen LogP contribution in [0.3, 0.4) is 0 Å². The predicted octanol–water partition coefficient (Wildman–Crippen LogP) is -2.23. The van der Waals surface area contributed by atoms with Crippen LogP contribution in [0.25, 0.3) is 0 Å². The third-order valence-electron chi connectivity index (χ3n) is 0.289. The summed E-state index contributed by atoms with van der Waals surface area (Å²) in [6, 6.07) is 0. The molecule has 0 saturated heterocycles. The van der Waals surface area contributed by atoms with E-state index in [2.05, 4.69) is 0 Å². The Morgan fingerprint density at radius 3 is 2.25 bits per heavy atom. The van der Waals surface area contributed by atoms with Crippen molar-refractivity contribution in [2.75, 3.05) is 0 Å². The van der Waals surface area contributed by atoms with Crippen molar-refractivity contribution in [2.45, 2.75) is 5.67 Å². The van der Waals surface area contributed by atoms with Gasteiger partial charge >= 0.3 is 0 Å². The van der Waals surface area contributed by atoms with E-state index < -0.39 is 0 Å². The van der Waals surface area contributed by atoms with Crippen molar-refractivity contribution in [1.29, 1.82) is 0 Å². The minimum absolute atomic E-state index is 0.0139. The summed E-state index contributed by atoms with van der Waals surface area (Å²) in [5.41, 5.74) is 1.38. The molecule has 0 aromatic heterocycles. The van der Waals surface area contributed by atoms with E-state index in [0.717, 1.165) is 0 Å². The van der Waals surface area contributed by atoms with Crippen LogP contribution in [0.4, 0.5) is 0 Å². The van der Waals surface area contributed by atoms with Crippen LogP contribution in [0.5, 0.6) is 0 Å². The Hall–Kier alpha value is 0.394. The van der Waals surface area contributed by atoms with Crippen molar-refractivity contribution in [3.63, 3.8) is 0 Å². The van der Waals surface area contributed by atoms with Gasteiger partial charge in [-0.05, 0) is 0 Å². The molecule has 0 amide bonds. The summed E-state index contributed by atoms with van der Waals surface area (Å²) in [5, 5.41) is 5.20. The summed E-state index contributed by atoms with van der Waals surface area (Å²) in [5.74, 6) is 0. The van der Waals surface area contributed by atoms with Crippen LogP contribution in [0.2, 0.25) is 5.67 Å². The van der Waals surface area contributed by atoms with Crippen molar-refractivity contribution in [3.8, 4) is 0 Å². The molecule has 0 aromatic carbocycles. The maximum absolute atomic E-state index is 5.20. The zero-order valence-corrected chi connectivity index (χ0v) is 6.41. The van der Waals surface area contributed by atoms with Crippen molar-refractivity contribution >= 4 is 19.9 Å². The molecule has 3 heteroatoms. The fourth-order valence-electron chi connectivity index (χ4n) is 0. The van der Waals surface area contributed by atoms with E-state index in [-0.39, 0.29) is 9.68 Å². The van der Waals surface area contributed by atoms with E-state index in [1.165, 1.54) is 15.9 Å². The smallest absolute Gasteiger partial charge is 0.0853 e. The zero-order chi connectivity index (χ0) is 3.41. The highest BCUT2D eigenvalue weighted by Gasteiger charge is 1.59. The van der Waals surface area contributed by atoms with E-state index >= 15 is 0 Å². The molecule has 1 nitrogen and oxygen atoms in total. The lowest BCUT2D eigenvalue weighted by molar-refractivity contribution is 1.83. The molecule has 0 unspecified atom stereocenters. The average molecular weight is 91.3 g/mol. The summed E-state index contributed by atoms with van der Waals surface area (Å²) >= 11 is 0. The number of hydrogen-bond donors (Lipinski definition) is 1. The van der Waals surface area contributed by atoms with Crippen LogP contribution < -0.4 is 5.40 Å². The Morgan fingerprint density at radius 2 is 2.25 bits per heavy atom. The van der Waals surface area contributed by atoms with Crippen molar-refractivity contribution in [1.82, 2.24) is 0 Å². The first-order valence-corrected chi connectivity index (χ1v) is 4.85. The second-order valence-electron chi connectivity index (χ2n) is 0.789. The van der Waals surface area contributed by atoms with Gasteiger partial charge < -0.3 is 5.40 Å². The number of nitrogens with two attached hydrogens (primary N) is 1. The molecular formula is CH9NSi2. The molecular weight excluding hydrogens is 82.2 g/mol. The average Bonchev–Trinajstić information content (AvgIpc) is 1.37. The maximum Gasteiger partial charge on any atom is 0.0853 e. The van der Waals surface area contributed by atoms with Crippen molar-refractivity contribution in [3.05, 3.63) is 0 Å². The highest BCUT2D eigenvalue weighted by molar-refractivity contribution is 6.44. The normalized spacial score (nSPS) is 11.2. The van der Waals surface area contributed by atoms with E-state index in [4.69, 9.17) is 5.40 Å². The first-order valence-electron chi connectivity index (χ1n) is 1.62. The first-order chi connectivity index (χ1) is 1.91. The number of rotatable bonds is 1. The summed E-state index contributed by atoms with van der Waals surface area (Å²) in [6.45, 7) is 0. The fraction of sp³-hybridized carbons (Fsp3) is 1.00. The molecule has 0 fully saturated rings. The molecule has 0 radical (unpaired) electrons. The largest absolute Gasteiger partial charge is 0.356 e. The molecule has 26 valence electrons. The molecule has 0 atom stereocenters. The molecule has 0 bridgehead atoms. The summed E-state index contributed by atoms with van der Waals surface area (Å²) in [7, 11) is 1.31. The van der Waals surface area contributed by atoms with Gasteiger partial charge in [0.2, 0.25) is 0 Å². The highest BCUT2D eigenvalue weighted by Crippen LogP contribution is 1.46. The molecule has 0 spiro atoms. The molecule has 0 aliphatic heterocycles. The topological polar surface area (TPSA) is 26.0 Å². The Kier molecular flexibility index (Phi) is 3.73. The Morgan fingerprint density at radius 1 is 2.00 bits per heavy atom. The van der Waals surface area contributed by atoms with E-state index in [1.54, 1.807) is 0 Å². The third-order valence-corrected chi connectivity index (χ3v) is 2.60. The lowest BCUT2D eigenvalue weighted by atomic mass is 11.9. The lowest BCUT2D eigenvalue weighted by Gasteiger charge is -1.67. The molecule has 0 saturated carbocycles. The summed E-state index contributed by atoms with van der Waals surface area (Å²) < 4.78 is 0. The monoisotopic (exact) mass is 91.0 g/mol. The van der Waals surface area contributed by atoms with Gasteiger partial charge in [-0.15, -0.1) is 0 Å². The minimum atomic E-state index is -0.0139. The van der Waals surface area contributed by atoms with Gasteiger partial charge in [-0.25, -0.2) is 0 Å². The highest BCUT2D eigenvalue weighted by atomic mass is 28.3. The predicted molar refractivity (Wildman–Crippen MR) is 27.5 cm³/mol. The van der Waals surface area contributed by atoms with Gasteiger partial charge in [-0.1, -0.05) is 5.67 Å². The third kappa shape index (κ3) is 2.39. The second kappa shape index (κ2) is 3.39. The molecule has 0 aliphatic rings. The molecule has 0 aromatic rings. The standard InChI is InChI=1S/CH9NSi2/c2-4-1-3/h1-2,4H2,3H3. The lowest BCUT2D eigenvalue weighted by Crippen LogP contribution is -2.01. The van der Waals surface area contributed by atoms with Crippen molar-refractivity contribution < 1.29 is 0 Å². The van der Waals surface area contributed by atoms with Crippen LogP contribution in [0, 0.1) is 0 Å². The number of hydrogen-bond acceptors (Lipinski definition) is 1. The van der Waals surface area contributed by atoms with Gasteiger partial charge in [0.25, 0.3) is 0 Å². The summed E-state index contributed by atoms with van der Waals surface area (Å²) in [4.78, 5) is 0. The minimum Gasteiger partial charge on any atom is -0.356 e. The Labute approximate surface area is 31.9 Å². The molecule has 0 rings (SSSR count). The fourth-order valence-corrected chi connectivity index (χ4v) is 0. The van der Waals surface area contributed by atoms with Gasteiger partial charge in [-0.2, -0.15) is 0 Å². The van der Waals surface area contributed by atoms with E-state index in [0.29, 0.717) is 0 Å². The van der Waals surface area contributed by atoms with Gasteiger partial charge in [0.15, 0.2) is 0 Å². The van der Waals surface area contributed by atoms with Crippen LogP contribution in [0.1, 0.15) is 0 Å². The van der Waals surface area contributed by atoms with Crippen LogP contribution in [-0.4, -0.2) is 19.9 Å². The molecule has 0 heterocycles. The van der Waals surface area contributed by atoms with E-state index in [1.807, 2.05) is 0 Å². The first kappa shape index (κ1) is 4.39. The molecule has 2 N–H and O–H groups in total. The van der Waals surface area contributed by atoms with E-state index in [9.17, 15) is 0 Å². The SMILES string of the molecule is N[SiH2]C[SiH3]. The zero-order valence-electron chi connectivity index (χ0n) is 2.99. The van der Waals surface area contributed by atoms with Crippen LogP contribution >= 0.6 is 0 Å². The van der Waals surface area contributed by atoms with Crippen LogP contribution in [0.15, 0.2) is 0 Å². The van der Waals surface area contributed by atoms with Gasteiger partial charge in [0.1, 0.15) is 0 Å². The van der Waals surface area contributed by atoms with Gasteiger partial charge in [0, 0.05) is 10.2 Å².